The van der Waals surface area contributed by atoms with Crippen LogP contribution >= 0.6 is 0 Å². The number of hydrogen-bond donors (Lipinski definition) is 0. The third-order valence-corrected chi connectivity index (χ3v) is 9.38. The van der Waals surface area contributed by atoms with E-state index in [0.717, 1.165) is 28.4 Å². The molecule has 0 N–H and O–H groups in total. The minimum absolute atomic E-state index is 0.103. The minimum atomic E-state index is -0.335. The number of benzene rings is 7. The topological polar surface area (TPSA) is 6.48 Å². The van der Waals surface area contributed by atoms with Crippen molar-refractivity contribution in [2.45, 2.75) is 45.6 Å². The summed E-state index contributed by atoms with van der Waals surface area (Å²) in [5.74, 6) is 0. The van der Waals surface area contributed by atoms with Crippen molar-refractivity contribution in [1.29, 1.82) is 0 Å². The number of rotatable bonds is 7. The third kappa shape index (κ3) is 6.00. The quantitative estimate of drug-likeness (QED) is 0.177. The van der Waals surface area contributed by atoms with Crippen LogP contribution in [0.4, 0.5) is 28.4 Å². The van der Waals surface area contributed by atoms with Crippen LogP contribution in [0.15, 0.2) is 164 Å². The van der Waals surface area contributed by atoms with Gasteiger partial charge in [-0.2, -0.15) is 0 Å². The average Bonchev–Trinajstić information content (AvgIpc) is 3.09. The second-order valence-electron chi connectivity index (χ2n) is 14.0. The maximum absolute atomic E-state index is 2.48. The number of para-hydroxylation sites is 1. The van der Waals surface area contributed by atoms with Gasteiger partial charge >= 0.3 is 0 Å². The fraction of sp³-hybridized carbons (Fsp3) is 0.156. The van der Waals surface area contributed by atoms with Gasteiger partial charge in [-0.15, -0.1) is 0 Å². The Morgan fingerprint density at radius 3 is 1.34 bits per heavy atom. The molecule has 7 rings (SSSR count). The molecule has 0 unspecified atom stereocenters. The van der Waals surface area contributed by atoms with E-state index >= 15 is 0 Å². The van der Waals surface area contributed by atoms with Gasteiger partial charge in [-0.3, -0.25) is 0 Å². The molecule has 0 saturated carbocycles. The van der Waals surface area contributed by atoms with E-state index in [1.165, 1.54) is 32.7 Å². The maximum atomic E-state index is 2.48. The number of hydrogen-bond acceptors (Lipinski definition) is 2. The van der Waals surface area contributed by atoms with Crippen molar-refractivity contribution in [1.82, 2.24) is 0 Å². The van der Waals surface area contributed by atoms with Gasteiger partial charge in [-0.1, -0.05) is 124 Å². The maximum Gasteiger partial charge on any atom is 0.0646 e. The van der Waals surface area contributed by atoms with E-state index in [2.05, 4.69) is 208 Å². The molecule has 0 saturated heterocycles. The summed E-state index contributed by atoms with van der Waals surface area (Å²) >= 11 is 0. The fourth-order valence-corrected chi connectivity index (χ4v) is 6.71. The van der Waals surface area contributed by atoms with Crippen LogP contribution in [0.25, 0.3) is 21.5 Å². The second-order valence-corrected chi connectivity index (χ2v) is 14.0. The van der Waals surface area contributed by atoms with Gasteiger partial charge in [0.05, 0.1) is 5.54 Å². The molecule has 0 fully saturated rings. The standard InChI is InChI=1S/C45H42N2/c1-44(2,3)37-21-23-38(24-22-37)45(4,5)47(43-26-20-34-14-10-12-16-36(34)32-43)41-29-27-40(28-30-41)46(39-17-7-6-8-18-39)42-25-19-33-13-9-11-15-35(33)31-42/h6-32H,1-5H3. The summed E-state index contributed by atoms with van der Waals surface area (Å²) in [4.78, 5) is 4.82. The Kier molecular flexibility index (Phi) is 7.82. The normalized spacial score (nSPS) is 11.9. The summed E-state index contributed by atoms with van der Waals surface area (Å²) in [6.45, 7) is 11.5. The molecule has 0 aliphatic carbocycles. The molecule has 0 aromatic heterocycles. The van der Waals surface area contributed by atoms with Gasteiger partial charge in [-0.25, -0.2) is 0 Å². The molecule has 47 heavy (non-hydrogen) atoms. The first-order valence-corrected chi connectivity index (χ1v) is 16.5. The van der Waals surface area contributed by atoms with Crippen molar-refractivity contribution in [2.75, 3.05) is 9.80 Å². The predicted molar refractivity (Wildman–Crippen MR) is 203 cm³/mol. The predicted octanol–water partition coefficient (Wildman–Crippen LogP) is 12.8. The van der Waals surface area contributed by atoms with E-state index in [4.69, 9.17) is 0 Å². The first-order chi connectivity index (χ1) is 22.7. The molecule has 0 radical (unpaired) electrons. The molecule has 0 bridgehead atoms. The molecule has 7 aromatic carbocycles. The summed E-state index contributed by atoms with van der Waals surface area (Å²) in [5.41, 5.74) is 8.05. The lowest BCUT2D eigenvalue weighted by Crippen LogP contribution is -2.38. The van der Waals surface area contributed by atoms with Gasteiger partial charge in [0.15, 0.2) is 0 Å². The molecular formula is C45H42N2. The van der Waals surface area contributed by atoms with Crippen molar-refractivity contribution >= 4 is 50.0 Å². The van der Waals surface area contributed by atoms with Gasteiger partial charge in [0, 0.05) is 28.4 Å². The van der Waals surface area contributed by atoms with E-state index in [0.29, 0.717) is 0 Å². The highest BCUT2D eigenvalue weighted by Crippen LogP contribution is 2.43. The Labute approximate surface area is 279 Å². The monoisotopic (exact) mass is 610 g/mol. The molecule has 0 aliphatic rings. The second kappa shape index (κ2) is 12.1. The largest absolute Gasteiger partial charge is 0.332 e. The van der Waals surface area contributed by atoms with Crippen LogP contribution in [0.5, 0.6) is 0 Å². The molecule has 7 aromatic rings. The lowest BCUT2D eigenvalue weighted by atomic mass is 9.84. The average molecular weight is 611 g/mol. The minimum Gasteiger partial charge on any atom is -0.332 e. The molecule has 2 heteroatoms. The van der Waals surface area contributed by atoms with Crippen molar-refractivity contribution in [3.05, 3.63) is 175 Å². The van der Waals surface area contributed by atoms with Gasteiger partial charge in [0.2, 0.25) is 0 Å². The summed E-state index contributed by atoms with van der Waals surface area (Å²) < 4.78 is 0. The van der Waals surface area contributed by atoms with Crippen molar-refractivity contribution < 1.29 is 0 Å². The first kappa shape index (κ1) is 30.3. The lowest BCUT2D eigenvalue weighted by molar-refractivity contribution is 0.533. The Morgan fingerprint density at radius 2 is 0.766 bits per heavy atom. The Hall–Kier alpha value is -5.34. The van der Waals surface area contributed by atoms with E-state index in [9.17, 15) is 0 Å². The van der Waals surface area contributed by atoms with E-state index in [1.54, 1.807) is 0 Å². The summed E-state index contributed by atoms with van der Waals surface area (Å²) in [6, 6.07) is 59.6. The van der Waals surface area contributed by atoms with Gasteiger partial charge < -0.3 is 9.80 Å². The number of fused-ring (bicyclic) bond motifs is 2. The molecule has 232 valence electrons. The van der Waals surface area contributed by atoms with Crippen LogP contribution in [-0.4, -0.2) is 0 Å². The van der Waals surface area contributed by atoms with Gasteiger partial charge in [0.1, 0.15) is 0 Å². The smallest absolute Gasteiger partial charge is 0.0646 e. The summed E-state index contributed by atoms with van der Waals surface area (Å²) in [5, 5.41) is 4.94. The van der Waals surface area contributed by atoms with Crippen LogP contribution < -0.4 is 9.80 Å². The van der Waals surface area contributed by atoms with Crippen LogP contribution in [0.1, 0.15) is 45.7 Å². The summed E-state index contributed by atoms with van der Waals surface area (Å²) in [7, 11) is 0. The van der Waals surface area contributed by atoms with Crippen molar-refractivity contribution in [3.63, 3.8) is 0 Å². The lowest BCUT2D eigenvalue weighted by Gasteiger charge is -2.41. The molecule has 0 amide bonds. The Morgan fingerprint density at radius 1 is 0.340 bits per heavy atom. The van der Waals surface area contributed by atoms with Crippen molar-refractivity contribution in [2.24, 2.45) is 0 Å². The molecule has 0 heterocycles. The SMILES string of the molecule is CC(C)(C)c1ccc(C(C)(C)N(c2ccc(N(c3ccccc3)c3ccc4ccccc4c3)cc2)c2ccc3ccccc3c2)cc1. The highest BCUT2D eigenvalue weighted by atomic mass is 15.2. The highest BCUT2D eigenvalue weighted by molar-refractivity contribution is 5.90. The Balaban J connectivity index is 1.34. The molecule has 0 aliphatic heterocycles. The zero-order chi connectivity index (χ0) is 32.6. The number of nitrogens with zero attached hydrogens (tertiary/aromatic N) is 2. The summed E-state index contributed by atoms with van der Waals surface area (Å²) in [6.07, 6.45) is 0. The van der Waals surface area contributed by atoms with Crippen LogP contribution in [0.2, 0.25) is 0 Å². The van der Waals surface area contributed by atoms with Gasteiger partial charge in [-0.05, 0) is 113 Å². The molecule has 2 nitrogen and oxygen atoms in total. The fourth-order valence-electron chi connectivity index (χ4n) is 6.71. The van der Waals surface area contributed by atoms with Crippen LogP contribution in [0, 0.1) is 0 Å². The Bertz CT molecular complexity index is 2140. The molecular weight excluding hydrogens is 569 g/mol. The van der Waals surface area contributed by atoms with E-state index < -0.39 is 0 Å². The van der Waals surface area contributed by atoms with Crippen LogP contribution in [-0.2, 0) is 11.0 Å². The van der Waals surface area contributed by atoms with Crippen LogP contribution in [0.3, 0.4) is 0 Å². The van der Waals surface area contributed by atoms with E-state index in [1.807, 2.05) is 0 Å². The van der Waals surface area contributed by atoms with Gasteiger partial charge in [0.25, 0.3) is 0 Å². The van der Waals surface area contributed by atoms with E-state index in [-0.39, 0.29) is 11.0 Å². The molecule has 0 spiro atoms. The van der Waals surface area contributed by atoms with Crippen molar-refractivity contribution in [3.8, 4) is 0 Å². The first-order valence-electron chi connectivity index (χ1n) is 16.5. The molecule has 0 atom stereocenters. The zero-order valence-corrected chi connectivity index (χ0v) is 28.0. The zero-order valence-electron chi connectivity index (χ0n) is 28.0. The third-order valence-electron chi connectivity index (χ3n) is 9.38. The highest BCUT2D eigenvalue weighted by Gasteiger charge is 2.31. The number of anilines is 5.